The lowest BCUT2D eigenvalue weighted by Gasteiger charge is -2.13. The Bertz CT molecular complexity index is 1460. The van der Waals surface area contributed by atoms with Crippen LogP contribution in [0.15, 0.2) is 48.5 Å². The first-order chi connectivity index (χ1) is 17.6. The van der Waals surface area contributed by atoms with E-state index < -0.39 is 56.3 Å². The van der Waals surface area contributed by atoms with Gasteiger partial charge in [0.15, 0.2) is 0 Å². The van der Waals surface area contributed by atoms with Crippen molar-refractivity contribution in [1.82, 2.24) is 0 Å². The van der Waals surface area contributed by atoms with E-state index in [0.29, 0.717) is 11.6 Å². The van der Waals surface area contributed by atoms with Crippen LogP contribution in [0.5, 0.6) is 0 Å². The lowest BCUT2D eigenvalue weighted by Crippen LogP contribution is -2.15. The average molecular weight is 632 g/mol. The molecule has 0 saturated heterocycles. The van der Waals surface area contributed by atoms with Gasteiger partial charge in [-0.2, -0.15) is 13.2 Å². The number of carbonyl (C=O) groups excluding carboxylic acids is 2. The van der Waals surface area contributed by atoms with Gasteiger partial charge in [-0.3, -0.25) is 9.59 Å². The topological polar surface area (TPSA) is 46.2 Å². The second kappa shape index (κ2) is 10.5. The van der Waals surface area contributed by atoms with Crippen molar-refractivity contribution in [2.45, 2.75) is 22.8 Å². The largest absolute Gasteiger partial charge is 0.417 e. The van der Waals surface area contributed by atoms with Gasteiger partial charge in [-0.25, -0.2) is 8.78 Å². The zero-order valence-corrected chi connectivity index (χ0v) is 22.4. The minimum atomic E-state index is -4.80. The Labute approximate surface area is 237 Å². The summed E-state index contributed by atoms with van der Waals surface area (Å²) in [5.74, 6) is -5.24. The first-order valence-electron chi connectivity index (χ1n) is 10.6. The van der Waals surface area contributed by atoms with Gasteiger partial charge in [0.1, 0.15) is 21.8 Å². The van der Waals surface area contributed by atoms with Crippen molar-refractivity contribution in [3.8, 4) is 0 Å². The molecule has 3 aromatic carbocycles. The number of hydrogen-bond acceptors (Lipinski definition) is 2. The number of amides is 1. The summed E-state index contributed by atoms with van der Waals surface area (Å²) in [5.41, 5.74) is -1.27. The van der Waals surface area contributed by atoms with Gasteiger partial charge in [-0.1, -0.05) is 40.9 Å². The predicted octanol–water partition coefficient (Wildman–Crippen LogP) is 8.90. The second-order valence-electron chi connectivity index (χ2n) is 8.53. The molecule has 0 aliphatic heterocycles. The van der Waals surface area contributed by atoms with E-state index in [0.717, 1.165) is 18.2 Å². The summed E-state index contributed by atoms with van der Waals surface area (Å²) < 4.78 is 65.5. The molecule has 1 N–H and O–H groups in total. The number of halogens is 10. The van der Waals surface area contributed by atoms with E-state index in [4.69, 9.17) is 58.0 Å². The lowest BCUT2D eigenvalue weighted by atomic mass is 10.00. The normalized spacial score (nSPS) is 18.3. The number of nitrogens with one attached hydrogen (secondary N) is 1. The summed E-state index contributed by atoms with van der Waals surface area (Å²) in [7, 11) is 0. The van der Waals surface area contributed by atoms with Crippen LogP contribution in [-0.2, 0) is 17.4 Å². The van der Waals surface area contributed by atoms with Gasteiger partial charge < -0.3 is 5.32 Å². The van der Waals surface area contributed by atoms with Crippen LogP contribution in [0.2, 0.25) is 15.1 Å². The van der Waals surface area contributed by atoms with Crippen LogP contribution in [0.4, 0.5) is 27.6 Å². The van der Waals surface area contributed by atoms with Crippen molar-refractivity contribution in [2.24, 2.45) is 5.92 Å². The number of alkyl halides is 5. The molecule has 0 bridgehead atoms. The van der Waals surface area contributed by atoms with E-state index in [9.17, 15) is 31.5 Å². The molecule has 4 rings (SSSR count). The van der Waals surface area contributed by atoms with Crippen molar-refractivity contribution >= 4 is 75.4 Å². The molecular formula is C25H13Cl5F5NO2. The SMILES string of the molecule is O=C(Nc1ccc(F)cc1F)c1cc(CC(=O)C2C(c3cc(Cl)c(Cl)c(C(F)(F)F)c3)C2(Cl)Cl)ccc1Cl. The van der Waals surface area contributed by atoms with Crippen LogP contribution in [-0.4, -0.2) is 16.0 Å². The number of benzene rings is 3. The van der Waals surface area contributed by atoms with Crippen LogP contribution in [0.25, 0.3) is 0 Å². The molecular weight excluding hydrogens is 619 g/mol. The number of hydrogen-bond donors (Lipinski definition) is 1. The fourth-order valence-electron chi connectivity index (χ4n) is 4.09. The molecule has 13 heteroatoms. The molecule has 1 saturated carbocycles. The lowest BCUT2D eigenvalue weighted by molar-refractivity contribution is -0.137. The van der Waals surface area contributed by atoms with Gasteiger partial charge in [-0.05, 0) is 47.5 Å². The van der Waals surface area contributed by atoms with Crippen LogP contribution in [0.1, 0.15) is 33.0 Å². The third-order valence-corrected chi connectivity index (χ3v) is 8.02. The number of ketones is 1. The fourth-order valence-corrected chi connectivity index (χ4v) is 5.61. The zero-order valence-electron chi connectivity index (χ0n) is 18.6. The molecule has 0 heterocycles. The highest BCUT2D eigenvalue weighted by molar-refractivity contribution is 6.53. The Morgan fingerprint density at radius 2 is 1.61 bits per heavy atom. The molecule has 1 amide bonds. The average Bonchev–Trinajstić information content (AvgIpc) is 3.39. The highest BCUT2D eigenvalue weighted by Crippen LogP contribution is 2.66. The van der Waals surface area contributed by atoms with E-state index in [1.165, 1.54) is 24.3 Å². The molecule has 2 unspecified atom stereocenters. The minimum Gasteiger partial charge on any atom is -0.319 e. The Morgan fingerprint density at radius 1 is 0.921 bits per heavy atom. The zero-order chi connectivity index (χ0) is 28.2. The summed E-state index contributed by atoms with van der Waals surface area (Å²) in [4.78, 5) is 25.7. The molecule has 2 atom stereocenters. The second-order valence-corrected chi connectivity index (χ2v) is 11.2. The Balaban J connectivity index is 1.55. The number of anilines is 1. The standard InChI is InChI=1S/C25H13Cl5F5NO2/c26-15-3-1-10(5-13(15)23(38)36-18-4-2-12(31)9-17(18)32)6-19(37)21-20(24(21,29)30)11-7-14(25(33,34)35)22(28)16(27)8-11/h1-5,7-9,20-21H,6H2,(H,36,38). The van der Waals surface area contributed by atoms with Crippen LogP contribution >= 0.6 is 58.0 Å². The van der Waals surface area contributed by atoms with E-state index in [-0.39, 0.29) is 33.3 Å². The maximum absolute atomic E-state index is 13.9. The van der Waals surface area contributed by atoms with E-state index >= 15 is 0 Å². The van der Waals surface area contributed by atoms with Crippen molar-refractivity contribution < 1.29 is 31.5 Å². The minimum absolute atomic E-state index is 0.00688. The third kappa shape index (κ3) is 5.75. The third-order valence-electron chi connectivity index (χ3n) is 5.95. The molecule has 0 radical (unpaired) electrons. The molecule has 1 aliphatic rings. The first-order valence-corrected chi connectivity index (χ1v) is 12.5. The van der Waals surface area contributed by atoms with Gasteiger partial charge in [0.25, 0.3) is 5.91 Å². The van der Waals surface area contributed by atoms with Crippen molar-refractivity contribution in [3.63, 3.8) is 0 Å². The van der Waals surface area contributed by atoms with Gasteiger partial charge in [0, 0.05) is 18.4 Å². The van der Waals surface area contributed by atoms with Gasteiger partial charge in [0.2, 0.25) is 0 Å². The molecule has 1 aliphatic carbocycles. The van der Waals surface area contributed by atoms with Gasteiger partial charge in [-0.15, -0.1) is 23.2 Å². The Kier molecular flexibility index (Phi) is 7.96. The number of Topliss-reactive ketones (excluding diaryl/α,β-unsaturated/α-hetero) is 1. The molecule has 200 valence electrons. The van der Waals surface area contributed by atoms with E-state index in [1.54, 1.807) is 0 Å². The predicted molar refractivity (Wildman–Crippen MR) is 137 cm³/mol. The Hall–Kier alpha value is -2.10. The number of carbonyl (C=O) groups is 2. The number of rotatable bonds is 6. The summed E-state index contributed by atoms with van der Waals surface area (Å²) in [6.07, 6.45) is -5.10. The highest BCUT2D eigenvalue weighted by atomic mass is 35.5. The quantitative estimate of drug-likeness (QED) is 0.218. The molecule has 0 spiro atoms. The smallest absolute Gasteiger partial charge is 0.319 e. The summed E-state index contributed by atoms with van der Waals surface area (Å²) >= 11 is 30.3. The van der Waals surface area contributed by atoms with Gasteiger partial charge >= 0.3 is 6.18 Å². The summed E-state index contributed by atoms with van der Waals surface area (Å²) in [6.45, 7) is 0. The maximum Gasteiger partial charge on any atom is 0.417 e. The fraction of sp³-hybridized carbons (Fsp3) is 0.200. The molecule has 38 heavy (non-hydrogen) atoms. The van der Waals surface area contributed by atoms with Crippen LogP contribution in [0.3, 0.4) is 0 Å². The molecule has 0 aromatic heterocycles. The van der Waals surface area contributed by atoms with Crippen molar-refractivity contribution in [3.05, 3.63) is 97.5 Å². The summed E-state index contributed by atoms with van der Waals surface area (Å²) in [5, 5.41) is 1.21. The van der Waals surface area contributed by atoms with Gasteiger partial charge in [0.05, 0.1) is 37.8 Å². The first kappa shape index (κ1) is 28.9. The van der Waals surface area contributed by atoms with Crippen molar-refractivity contribution in [2.75, 3.05) is 5.32 Å². The summed E-state index contributed by atoms with van der Waals surface area (Å²) in [6, 6.07) is 8.60. The molecule has 3 nitrogen and oxygen atoms in total. The van der Waals surface area contributed by atoms with Crippen LogP contribution < -0.4 is 5.32 Å². The van der Waals surface area contributed by atoms with Crippen LogP contribution in [0, 0.1) is 17.6 Å². The Morgan fingerprint density at radius 3 is 2.24 bits per heavy atom. The van der Waals surface area contributed by atoms with Crippen molar-refractivity contribution in [1.29, 1.82) is 0 Å². The van der Waals surface area contributed by atoms with E-state index in [2.05, 4.69) is 5.32 Å². The monoisotopic (exact) mass is 629 g/mol. The molecule has 3 aromatic rings. The van der Waals surface area contributed by atoms with E-state index in [1.807, 2.05) is 0 Å². The highest BCUT2D eigenvalue weighted by Gasteiger charge is 2.67. The molecule has 1 fully saturated rings. The maximum atomic E-state index is 13.9.